The van der Waals surface area contributed by atoms with Crippen molar-refractivity contribution in [2.24, 2.45) is 0 Å². The number of aromatic nitrogens is 1. The molecule has 1 heterocycles. The van der Waals surface area contributed by atoms with Crippen LogP contribution in [0, 0.1) is 0 Å². The number of thiazole rings is 1. The van der Waals surface area contributed by atoms with Crippen LogP contribution in [0.4, 0.5) is 5.69 Å². The van der Waals surface area contributed by atoms with Gasteiger partial charge < -0.3 is 5.32 Å². The molecule has 0 bridgehead atoms. The minimum absolute atomic E-state index is 0.0298. The first-order valence-electron chi connectivity index (χ1n) is 7.73. The van der Waals surface area contributed by atoms with Gasteiger partial charge in [0, 0.05) is 20.9 Å². The first kappa shape index (κ1) is 17.6. The normalized spacial score (nSPS) is 11.0. The Morgan fingerprint density at radius 2 is 2.04 bits per heavy atom. The SMILES string of the molecule is CCCCC(=O)Nc1c(Br)cc(Br)cc1-c1nc2ccccc2s1. The minimum Gasteiger partial charge on any atom is -0.324 e. The number of unbranched alkanes of at least 4 members (excludes halogenated alkanes) is 1. The van der Waals surface area contributed by atoms with E-state index in [0.29, 0.717) is 6.42 Å². The molecule has 24 heavy (non-hydrogen) atoms. The van der Waals surface area contributed by atoms with E-state index in [1.54, 1.807) is 11.3 Å². The van der Waals surface area contributed by atoms with Gasteiger partial charge in [0.05, 0.1) is 15.9 Å². The van der Waals surface area contributed by atoms with Gasteiger partial charge in [-0.05, 0) is 46.6 Å². The molecular weight excluding hydrogens is 452 g/mol. The molecule has 2 aromatic carbocycles. The number of nitrogens with one attached hydrogen (secondary N) is 1. The van der Waals surface area contributed by atoms with Gasteiger partial charge >= 0.3 is 0 Å². The quantitative estimate of drug-likeness (QED) is 0.458. The second-order valence-corrected chi connectivity index (χ2v) is 8.25. The van der Waals surface area contributed by atoms with E-state index in [1.807, 2.05) is 30.3 Å². The highest BCUT2D eigenvalue weighted by Gasteiger charge is 2.16. The zero-order valence-electron chi connectivity index (χ0n) is 13.1. The van der Waals surface area contributed by atoms with Gasteiger partial charge in [-0.25, -0.2) is 4.98 Å². The maximum atomic E-state index is 12.2. The third-order valence-electron chi connectivity index (χ3n) is 3.60. The monoisotopic (exact) mass is 466 g/mol. The number of rotatable bonds is 5. The summed E-state index contributed by atoms with van der Waals surface area (Å²) in [5.41, 5.74) is 2.66. The van der Waals surface area contributed by atoms with Gasteiger partial charge in [-0.2, -0.15) is 0 Å². The molecular formula is C18H16Br2N2OS. The summed E-state index contributed by atoms with van der Waals surface area (Å²) in [6.45, 7) is 2.08. The molecule has 1 amide bonds. The van der Waals surface area contributed by atoms with E-state index < -0.39 is 0 Å². The van der Waals surface area contributed by atoms with Gasteiger partial charge in [-0.15, -0.1) is 11.3 Å². The lowest BCUT2D eigenvalue weighted by Gasteiger charge is -2.12. The van der Waals surface area contributed by atoms with Crippen LogP contribution in [0.15, 0.2) is 45.3 Å². The zero-order valence-corrected chi connectivity index (χ0v) is 17.1. The molecule has 3 aromatic rings. The summed E-state index contributed by atoms with van der Waals surface area (Å²) in [6.07, 6.45) is 2.41. The molecule has 6 heteroatoms. The van der Waals surface area contributed by atoms with Crippen LogP contribution in [-0.2, 0) is 4.79 Å². The summed E-state index contributed by atoms with van der Waals surface area (Å²) in [4.78, 5) is 16.9. The largest absolute Gasteiger partial charge is 0.324 e. The van der Waals surface area contributed by atoms with Crippen molar-refractivity contribution in [2.45, 2.75) is 26.2 Å². The molecule has 0 saturated heterocycles. The van der Waals surface area contributed by atoms with Gasteiger partial charge in [0.2, 0.25) is 5.91 Å². The molecule has 3 nitrogen and oxygen atoms in total. The van der Waals surface area contributed by atoms with Crippen LogP contribution in [0.25, 0.3) is 20.8 Å². The molecule has 0 unspecified atom stereocenters. The van der Waals surface area contributed by atoms with E-state index >= 15 is 0 Å². The van der Waals surface area contributed by atoms with Crippen molar-refractivity contribution in [1.82, 2.24) is 4.98 Å². The highest BCUT2D eigenvalue weighted by molar-refractivity contribution is 9.11. The highest BCUT2D eigenvalue weighted by Crippen LogP contribution is 2.40. The molecule has 1 N–H and O–H groups in total. The number of fused-ring (bicyclic) bond motifs is 1. The predicted octanol–water partition coefficient (Wildman–Crippen LogP) is 6.62. The molecule has 0 aliphatic heterocycles. The summed E-state index contributed by atoms with van der Waals surface area (Å²) < 4.78 is 2.91. The van der Waals surface area contributed by atoms with Crippen LogP contribution < -0.4 is 5.32 Å². The maximum absolute atomic E-state index is 12.2. The van der Waals surface area contributed by atoms with Crippen molar-refractivity contribution in [3.63, 3.8) is 0 Å². The van der Waals surface area contributed by atoms with Crippen molar-refractivity contribution < 1.29 is 4.79 Å². The average Bonchev–Trinajstić information content (AvgIpc) is 2.99. The van der Waals surface area contributed by atoms with Crippen molar-refractivity contribution in [1.29, 1.82) is 0 Å². The number of halogens is 2. The van der Waals surface area contributed by atoms with Crippen LogP contribution in [0.5, 0.6) is 0 Å². The average molecular weight is 468 g/mol. The number of carbonyl (C=O) groups excluding carboxylic acids is 1. The number of anilines is 1. The summed E-state index contributed by atoms with van der Waals surface area (Å²) in [5.74, 6) is 0.0298. The molecule has 0 saturated carbocycles. The summed E-state index contributed by atoms with van der Waals surface area (Å²) in [5, 5.41) is 3.94. The van der Waals surface area contributed by atoms with E-state index in [9.17, 15) is 4.79 Å². The van der Waals surface area contributed by atoms with Crippen LogP contribution in [0.1, 0.15) is 26.2 Å². The van der Waals surface area contributed by atoms with Gasteiger partial charge in [0.25, 0.3) is 0 Å². The Kier molecular flexibility index (Phi) is 5.69. The third kappa shape index (κ3) is 3.87. The van der Waals surface area contributed by atoms with Crippen LogP contribution in [-0.4, -0.2) is 10.9 Å². The van der Waals surface area contributed by atoms with E-state index in [4.69, 9.17) is 4.98 Å². The molecule has 1 aromatic heterocycles. The molecule has 0 fully saturated rings. The van der Waals surface area contributed by atoms with E-state index in [-0.39, 0.29) is 5.91 Å². The van der Waals surface area contributed by atoms with E-state index in [1.165, 1.54) is 0 Å². The molecule has 3 rings (SSSR count). The van der Waals surface area contributed by atoms with Crippen molar-refractivity contribution in [3.8, 4) is 10.6 Å². The first-order chi connectivity index (χ1) is 11.6. The Morgan fingerprint density at radius 1 is 1.25 bits per heavy atom. The maximum Gasteiger partial charge on any atom is 0.224 e. The Morgan fingerprint density at radius 3 is 2.79 bits per heavy atom. The Hall–Kier alpha value is -1.24. The number of hydrogen-bond acceptors (Lipinski definition) is 3. The fraction of sp³-hybridized carbons (Fsp3) is 0.222. The summed E-state index contributed by atoms with van der Waals surface area (Å²) >= 11 is 8.72. The van der Waals surface area contributed by atoms with Crippen LogP contribution in [0.3, 0.4) is 0 Å². The topological polar surface area (TPSA) is 42.0 Å². The summed E-state index contributed by atoms with van der Waals surface area (Å²) in [6, 6.07) is 12.0. The van der Waals surface area contributed by atoms with Crippen molar-refractivity contribution in [3.05, 3.63) is 45.3 Å². The number of para-hydroxylation sites is 1. The van der Waals surface area contributed by atoms with Gasteiger partial charge in [-0.1, -0.05) is 41.4 Å². The second kappa shape index (κ2) is 7.76. The molecule has 0 radical (unpaired) electrons. The van der Waals surface area contributed by atoms with Gasteiger partial charge in [0.1, 0.15) is 5.01 Å². The Bertz CT molecular complexity index is 859. The molecule has 0 aliphatic rings. The standard InChI is InChI=1S/C18H16Br2N2OS/c1-2-3-8-16(23)22-17-12(9-11(19)10-13(17)20)18-21-14-6-4-5-7-15(14)24-18/h4-7,9-10H,2-3,8H2,1H3,(H,22,23). The number of nitrogens with zero attached hydrogens (tertiary/aromatic N) is 1. The van der Waals surface area contributed by atoms with E-state index in [2.05, 4.69) is 50.2 Å². The predicted molar refractivity (Wildman–Crippen MR) is 109 cm³/mol. The van der Waals surface area contributed by atoms with Crippen LogP contribution >= 0.6 is 43.2 Å². The van der Waals surface area contributed by atoms with Gasteiger partial charge in [0.15, 0.2) is 0 Å². The lowest BCUT2D eigenvalue weighted by Crippen LogP contribution is -2.12. The smallest absolute Gasteiger partial charge is 0.224 e. The Balaban J connectivity index is 2.04. The lowest BCUT2D eigenvalue weighted by atomic mass is 10.1. The fourth-order valence-electron chi connectivity index (χ4n) is 2.40. The van der Waals surface area contributed by atoms with Crippen LogP contribution in [0.2, 0.25) is 0 Å². The number of carbonyl (C=O) groups is 1. The van der Waals surface area contributed by atoms with E-state index in [0.717, 1.165) is 48.3 Å². The molecule has 0 aliphatic carbocycles. The third-order valence-corrected chi connectivity index (χ3v) is 5.75. The highest BCUT2D eigenvalue weighted by atomic mass is 79.9. The lowest BCUT2D eigenvalue weighted by molar-refractivity contribution is -0.116. The zero-order chi connectivity index (χ0) is 17.1. The number of benzene rings is 2. The van der Waals surface area contributed by atoms with Crippen molar-refractivity contribution in [2.75, 3.05) is 5.32 Å². The summed E-state index contributed by atoms with van der Waals surface area (Å²) in [7, 11) is 0. The Labute approximate surface area is 161 Å². The number of amides is 1. The molecule has 124 valence electrons. The minimum atomic E-state index is 0.0298. The molecule has 0 spiro atoms. The van der Waals surface area contributed by atoms with Gasteiger partial charge in [-0.3, -0.25) is 4.79 Å². The van der Waals surface area contributed by atoms with Crippen molar-refractivity contribution >= 4 is 65.0 Å². The first-order valence-corrected chi connectivity index (χ1v) is 10.1. The fourth-order valence-corrected chi connectivity index (χ4v) is 4.71. The molecule has 0 atom stereocenters. The number of hydrogen-bond donors (Lipinski definition) is 1. The second-order valence-electron chi connectivity index (χ2n) is 5.45.